The van der Waals surface area contributed by atoms with Crippen molar-refractivity contribution in [1.29, 1.82) is 0 Å². The number of ether oxygens (including phenoxy) is 3. The van der Waals surface area contributed by atoms with Gasteiger partial charge in [0.1, 0.15) is 0 Å². The number of carbonyl (C=O) groups excluding carboxylic acids is 1. The van der Waals surface area contributed by atoms with E-state index in [2.05, 4.69) is 4.90 Å². The minimum absolute atomic E-state index is 0.168. The second kappa shape index (κ2) is 6.93. The molecule has 0 spiro atoms. The molecule has 17 heavy (non-hydrogen) atoms. The summed E-state index contributed by atoms with van der Waals surface area (Å²) >= 11 is 0. The number of hydrogen-bond donors (Lipinski definition) is 0. The summed E-state index contributed by atoms with van der Waals surface area (Å²) < 4.78 is 15.6. The van der Waals surface area contributed by atoms with Gasteiger partial charge in [-0.05, 0) is 13.8 Å². The number of hydrogen-bond acceptors (Lipinski definition) is 5. The van der Waals surface area contributed by atoms with Crippen LogP contribution in [-0.4, -0.2) is 63.0 Å². The van der Waals surface area contributed by atoms with Gasteiger partial charge in [0.05, 0.1) is 38.4 Å². The average Bonchev–Trinajstić information content (AvgIpc) is 2.30. The molecule has 1 saturated heterocycles. The molecule has 0 saturated carbocycles. The molecule has 1 aliphatic heterocycles. The number of methoxy groups -OCH3 is 1. The topological polar surface area (TPSA) is 48.0 Å². The maximum Gasteiger partial charge on any atom is 0.307 e. The summed E-state index contributed by atoms with van der Waals surface area (Å²) in [5.74, 6) is -0.168. The highest BCUT2D eigenvalue weighted by molar-refractivity contribution is 5.70. The van der Waals surface area contributed by atoms with E-state index in [1.54, 1.807) is 7.11 Å². The maximum atomic E-state index is 11.6. The van der Waals surface area contributed by atoms with Gasteiger partial charge >= 0.3 is 5.97 Å². The van der Waals surface area contributed by atoms with Crippen LogP contribution in [0.1, 0.15) is 20.3 Å². The van der Waals surface area contributed by atoms with Crippen LogP contribution in [-0.2, 0) is 19.0 Å². The first kappa shape index (κ1) is 14.4. The minimum atomic E-state index is -0.301. The van der Waals surface area contributed by atoms with Crippen LogP contribution in [0, 0.1) is 0 Å². The largest absolute Gasteiger partial charge is 0.466 e. The van der Waals surface area contributed by atoms with Crippen molar-refractivity contribution in [1.82, 2.24) is 4.90 Å². The molecule has 1 rings (SSSR count). The smallest absolute Gasteiger partial charge is 0.307 e. The molecule has 100 valence electrons. The van der Waals surface area contributed by atoms with Gasteiger partial charge in [-0.3, -0.25) is 9.69 Å². The minimum Gasteiger partial charge on any atom is -0.466 e. The Balaban J connectivity index is 2.62. The zero-order valence-corrected chi connectivity index (χ0v) is 11.0. The van der Waals surface area contributed by atoms with E-state index in [1.165, 1.54) is 0 Å². The Morgan fingerprint density at radius 3 is 2.59 bits per heavy atom. The third-order valence-corrected chi connectivity index (χ3v) is 3.06. The summed E-state index contributed by atoms with van der Waals surface area (Å²) in [4.78, 5) is 13.9. The molecule has 0 radical (unpaired) electrons. The summed E-state index contributed by atoms with van der Waals surface area (Å²) in [6, 6.07) is 0. The molecule has 0 aromatic rings. The van der Waals surface area contributed by atoms with Gasteiger partial charge in [-0.1, -0.05) is 0 Å². The fraction of sp³-hybridized carbons (Fsp3) is 0.917. The zero-order chi connectivity index (χ0) is 12.7. The first-order valence-corrected chi connectivity index (χ1v) is 6.10. The van der Waals surface area contributed by atoms with Crippen LogP contribution in [0.5, 0.6) is 0 Å². The monoisotopic (exact) mass is 245 g/mol. The van der Waals surface area contributed by atoms with E-state index in [-0.39, 0.29) is 11.5 Å². The quantitative estimate of drug-likeness (QED) is 0.644. The van der Waals surface area contributed by atoms with Crippen LogP contribution in [0.15, 0.2) is 0 Å². The van der Waals surface area contributed by atoms with Crippen molar-refractivity contribution in [3.63, 3.8) is 0 Å². The molecule has 0 aromatic heterocycles. The van der Waals surface area contributed by atoms with Crippen molar-refractivity contribution in [2.75, 3.05) is 46.6 Å². The van der Waals surface area contributed by atoms with E-state index in [0.29, 0.717) is 32.8 Å². The molecular formula is C12H23NO4. The van der Waals surface area contributed by atoms with Crippen LogP contribution >= 0.6 is 0 Å². The highest BCUT2D eigenvalue weighted by Crippen LogP contribution is 2.22. The highest BCUT2D eigenvalue weighted by Gasteiger charge is 2.35. The zero-order valence-electron chi connectivity index (χ0n) is 11.0. The van der Waals surface area contributed by atoms with Gasteiger partial charge in [0.15, 0.2) is 0 Å². The molecule has 5 nitrogen and oxygen atoms in total. The molecule has 5 heteroatoms. The van der Waals surface area contributed by atoms with Crippen molar-refractivity contribution < 1.29 is 19.0 Å². The fourth-order valence-corrected chi connectivity index (χ4v) is 2.19. The molecule has 1 unspecified atom stereocenters. The van der Waals surface area contributed by atoms with Gasteiger partial charge < -0.3 is 14.2 Å². The van der Waals surface area contributed by atoms with Crippen molar-refractivity contribution in [2.24, 2.45) is 0 Å². The Labute approximate surface area is 103 Å². The Morgan fingerprint density at radius 2 is 2.06 bits per heavy atom. The van der Waals surface area contributed by atoms with Gasteiger partial charge in [-0.15, -0.1) is 0 Å². The van der Waals surface area contributed by atoms with E-state index in [1.807, 2.05) is 13.8 Å². The van der Waals surface area contributed by atoms with Gasteiger partial charge in [0.25, 0.3) is 0 Å². The molecule has 0 aromatic carbocycles. The summed E-state index contributed by atoms with van der Waals surface area (Å²) in [6.45, 7) is 7.89. The molecule has 0 bridgehead atoms. The van der Waals surface area contributed by atoms with E-state index in [9.17, 15) is 4.79 Å². The Bertz CT molecular complexity index is 241. The number of morpholine rings is 1. The third-order valence-electron chi connectivity index (χ3n) is 3.06. The fourth-order valence-electron chi connectivity index (χ4n) is 2.19. The first-order chi connectivity index (χ1) is 8.12. The molecule has 1 atom stereocenters. The van der Waals surface area contributed by atoms with E-state index >= 15 is 0 Å². The number of rotatable bonds is 6. The van der Waals surface area contributed by atoms with E-state index in [0.717, 1.165) is 13.1 Å². The number of esters is 1. The summed E-state index contributed by atoms with van der Waals surface area (Å²) in [5, 5.41) is 0. The van der Waals surface area contributed by atoms with Crippen molar-refractivity contribution in [3.8, 4) is 0 Å². The second-order valence-corrected chi connectivity index (χ2v) is 4.51. The standard InChI is InChI=1S/C12H23NO4/c1-4-17-11(14)9-12(2,10-15-3)13-5-7-16-8-6-13/h4-10H2,1-3H3. The highest BCUT2D eigenvalue weighted by atomic mass is 16.5. The molecular weight excluding hydrogens is 222 g/mol. The molecule has 1 heterocycles. The van der Waals surface area contributed by atoms with Crippen LogP contribution in [0.4, 0.5) is 0 Å². The lowest BCUT2D eigenvalue weighted by molar-refractivity contribution is -0.149. The Kier molecular flexibility index (Phi) is 5.88. The summed E-state index contributed by atoms with van der Waals surface area (Å²) in [6.07, 6.45) is 0.356. The van der Waals surface area contributed by atoms with Crippen molar-refractivity contribution >= 4 is 5.97 Å². The second-order valence-electron chi connectivity index (χ2n) is 4.51. The molecule has 0 N–H and O–H groups in total. The number of carbonyl (C=O) groups is 1. The van der Waals surface area contributed by atoms with Crippen LogP contribution in [0.3, 0.4) is 0 Å². The Morgan fingerprint density at radius 1 is 1.41 bits per heavy atom. The molecule has 1 aliphatic rings. The van der Waals surface area contributed by atoms with Gasteiger partial charge in [0.2, 0.25) is 0 Å². The predicted octanol–water partition coefficient (Wildman–Crippen LogP) is 0.677. The third kappa shape index (κ3) is 4.26. The summed E-state index contributed by atoms with van der Waals surface area (Å²) in [7, 11) is 1.66. The maximum absolute atomic E-state index is 11.6. The van der Waals surface area contributed by atoms with Crippen molar-refractivity contribution in [2.45, 2.75) is 25.8 Å². The lowest BCUT2D eigenvalue weighted by Gasteiger charge is -2.42. The lowest BCUT2D eigenvalue weighted by atomic mass is 9.96. The molecule has 1 fully saturated rings. The van der Waals surface area contributed by atoms with Crippen LogP contribution < -0.4 is 0 Å². The Hall–Kier alpha value is -0.650. The predicted molar refractivity (Wildman–Crippen MR) is 63.9 cm³/mol. The first-order valence-electron chi connectivity index (χ1n) is 6.10. The molecule has 0 aliphatic carbocycles. The molecule has 0 amide bonds. The van der Waals surface area contributed by atoms with E-state index in [4.69, 9.17) is 14.2 Å². The number of nitrogens with zero attached hydrogens (tertiary/aromatic N) is 1. The van der Waals surface area contributed by atoms with Gasteiger partial charge in [0, 0.05) is 20.2 Å². The van der Waals surface area contributed by atoms with E-state index < -0.39 is 0 Å². The van der Waals surface area contributed by atoms with Crippen LogP contribution in [0.2, 0.25) is 0 Å². The SMILES string of the molecule is CCOC(=O)CC(C)(COC)N1CCOCC1. The lowest BCUT2D eigenvalue weighted by Crippen LogP contribution is -2.55. The van der Waals surface area contributed by atoms with Crippen molar-refractivity contribution in [3.05, 3.63) is 0 Å². The average molecular weight is 245 g/mol. The normalized spacial score (nSPS) is 20.9. The van der Waals surface area contributed by atoms with Crippen LogP contribution in [0.25, 0.3) is 0 Å². The summed E-state index contributed by atoms with van der Waals surface area (Å²) in [5.41, 5.74) is -0.301. The van der Waals surface area contributed by atoms with Gasteiger partial charge in [-0.25, -0.2) is 0 Å². The van der Waals surface area contributed by atoms with Gasteiger partial charge in [-0.2, -0.15) is 0 Å².